The third-order valence-corrected chi connectivity index (χ3v) is 3.20. The maximum Gasteiger partial charge on any atom is 0.307 e. The lowest BCUT2D eigenvalue weighted by atomic mass is 10.1. The van der Waals surface area contributed by atoms with Gasteiger partial charge in [-0.05, 0) is 23.8 Å². The first-order chi connectivity index (χ1) is 11.7. The summed E-state index contributed by atoms with van der Waals surface area (Å²) in [4.78, 5) is 15.4. The van der Waals surface area contributed by atoms with Crippen molar-refractivity contribution in [3.63, 3.8) is 0 Å². The fourth-order valence-corrected chi connectivity index (χ4v) is 2.10. The number of benzene rings is 1. The largest absolute Gasteiger partial charge is 0.496 e. The third-order valence-electron chi connectivity index (χ3n) is 3.20. The molecule has 122 valence electrons. The molecule has 2 heterocycles. The molecular formula is C14H13N7O3. The van der Waals surface area contributed by atoms with Crippen LogP contribution in [-0.4, -0.2) is 42.9 Å². The number of ether oxygens (including phenoxy) is 1. The number of hydrogen-bond donors (Lipinski definition) is 0. The predicted octanol–water partition coefficient (Wildman–Crippen LogP) is 1.32. The van der Waals surface area contributed by atoms with Crippen LogP contribution in [0.25, 0.3) is 0 Å². The first-order valence-corrected chi connectivity index (χ1v) is 6.88. The molecule has 0 radical (unpaired) electrons. The molecule has 0 saturated heterocycles. The van der Waals surface area contributed by atoms with Crippen LogP contribution in [0.15, 0.2) is 48.3 Å². The topological polar surface area (TPSA) is 113 Å². The third kappa shape index (κ3) is 3.43. The molecule has 0 aliphatic carbocycles. The number of nitrogens with zero attached hydrogens (tertiary/aromatic N) is 7. The van der Waals surface area contributed by atoms with Crippen LogP contribution < -0.4 is 4.74 Å². The van der Waals surface area contributed by atoms with Crippen molar-refractivity contribution in [3.05, 3.63) is 64.5 Å². The lowest BCUT2D eigenvalue weighted by molar-refractivity contribution is -0.385. The molecule has 0 unspecified atom stereocenters. The van der Waals surface area contributed by atoms with E-state index < -0.39 is 4.92 Å². The van der Waals surface area contributed by atoms with E-state index in [1.807, 2.05) is 12.1 Å². The Balaban J connectivity index is 1.84. The van der Waals surface area contributed by atoms with Crippen LogP contribution in [0.1, 0.15) is 11.1 Å². The minimum atomic E-state index is -0.484. The van der Waals surface area contributed by atoms with Gasteiger partial charge in [0.25, 0.3) is 0 Å². The van der Waals surface area contributed by atoms with E-state index in [0.717, 1.165) is 11.1 Å². The maximum absolute atomic E-state index is 10.7. The molecule has 2 aromatic heterocycles. The molecule has 3 aromatic rings. The zero-order valence-corrected chi connectivity index (χ0v) is 12.7. The predicted molar refractivity (Wildman–Crippen MR) is 84.0 cm³/mol. The lowest BCUT2D eigenvalue weighted by Gasteiger charge is -2.09. The summed E-state index contributed by atoms with van der Waals surface area (Å²) in [6.45, 7) is 0.335. The summed E-state index contributed by atoms with van der Waals surface area (Å²) < 4.78 is 6.81. The van der Waals surface area contributed by atoms with Crippen molar-refractivity contribution in [3.8, 4) is 5.75 Å². The number of hydrogen-bond acceptors (Lipinski definition) is 7. The van der Waals surface area contributed by atoms with Crippen molar-refractivity contribution in [1.82, 2.24) is 24.7 Å². The quantitative estimate of drug-likeness (QED) is 0.383. The highest BCUT2D eigenvalue weighted by molar-refractivity contribution is 5.80. The molecular weight excluding hydrogens is 314 g/mol. The van der Waals surface area contributed by atoms with Gasteiger partial charge in [0.2, 0.25) is 0 Å². The molecule has 0 fully saturated rings. The monoisotopic (exact) mass is 327 g/mol. The van der Waals surface area contributed by atoms with Crippen LogP contribution >= 0.6 is 0 Å². The summed E-state index contributed by atoms with van der Waals surface area (Å²) in [6, 6.07) is 5.51. The highest BCUT2D eigenvalue weighted by Crippen LogP contribution is 2.21. The van der Waals surface area contributed by atoms with E-state index in [4.69, 9.17) is 4.74 Å². The van der Waals surface area contributed by atoms with Gasteiger partial charge in [-0.2, -0.15) is 10.2 Å². The average molecular weight is 327 g/mol. The highest BCUT2D eigenvalue weighted by atomic mass is 16.6. The van der Waals surface area contributed by atoms with Gasteiger partial charge in [0.1, 0.15) is 30.8 Å². The molecule has 0 aliphatic heterocycles. The highest BCUT2D eigenvalue weighted by Gasteiger charge is 2.11. The first-order valence-electron chi connectivity index (χ1n) is 6.88. The summed E-state index contributed by atoms with van der Waals surface area (Å²) >= 11 is 0. The van der Waals surface area contributed by atoms with Crippen LogP contribution in [0.2, 0.25) is 0 Å². The smallest absolute Gasteiger partial charge is 0.307 e. The second-order valence-corrected chi connectivity index (χ2v) is 4.78. The average Bonchev–Trinajstić information content (AvgIpc) is 3.25. The van der Waals surface area contributed by atoms with Gasteiger partial charge < -0.3 is 4.74 Å². The number of methoxy groups -OCH3 is 1. The van der Waals surface area contributed by atoms with Gasteiger partial charge in [0, 0.05) is 5.56 Å². The van der Waals surface area contributed by atoms with Crippen molar-refractivity contribution >= 4 is 11.9 Å². The Bertz CT molecular complexity index is 870. The molecule has 0 saturated carbocycles. The second-order valence-electron chi connectivity index (χ2n) is 4.78. The molecule has 0 N–H and O–H groups in total. The SMILES string of the molecule is COc1ccc(/C=N/n2cncn2)cc1Cn1cc([N+](=O)[O-])cn1. The summed E-state index contributed by atoms with van der Waals surface area (Å²) in [5.41, 5.74) is 1.58. The summed E-state index contributed by atoms with van der Waals surface area (Å²) in [7, 11) is 1.56. The molecule has 1 aromatic carbocycles. The lowest BCUT2D eigenvalue weighted by Crippen LogP contribution is -2.03. The summed E-state index contributed by atoms with van der Waals surface area (Å²) in [5, 5.41) is 22.7. The zero-order valence-electron chi connectivity index (χ0n) is 12.7. The molecule has 0 aliphatic rings. The van der Waals surface area contributed by atoms with E-state index >= 15 is 0 Å². The van der Waals surface area contributed by atoms with E-state index in [1.54, 1.807) is 19.4 Å². The fourth-order valence-electron chi connectivity index (χ4n) is 2.10. The Kier molecular flexibility index (Phi) is 4.27. The van der Waals surface area contributed by atoms with Gasteiger partial charge in [-0.3, -0.25) is 14.8 Å². The van der Waals surface area contributed by atoms with Crippen molar-refractivity contribution in [2.24, 2.45) is 5.10 Å². The molecule has 0 bridgehead atoms. The van der Waals surface area contributed by atoms with Gasteiger partial charge in [-0.15, -0.1) is 9.89 Å². The normalized spacial score (nSPS) is 11.0. The molecule has 3 rings (SSSR count). The van der Waals surface area contributed by atoms with Gasteiger partial charge in [0.15, 0.2) is 0 Å². The van der Waals surface area contributed by atoms with Crippen LogP contribution in [0, 0.1) is 10.1 Å². The van der Waals surface area contributed by atoms with E-state index in [2.05, 4.69) is 20.3 Å². The van der Waals surface area contributed by atoms with Crippen molar-refractivity contribution < 1.29 is 9.66 Å². The molecule has 0 amide bonds. The fraction of sp³-hybridized carbons (Fsp3) is 0.143. The van der Waals surface area contributed by atoms with Gasteiger partial charge in [0.05, 0.1) is 24.8 Å². The van der Waals surface area contributed by atoms with Gasteiger partial charge in [-0.25, -0.2) is 4.98 Å². The standard InChI is InChI=1S/C14H13N7O3/c1-24-14-3-2-11(5-17-20-10-15-9-18-20)4-12(14)7-19-8-13(6-16-19)21(22)23/h2-6,8-10H,7H2,1H3/b17-5+. The Hall–Kier alpha value is -3.56. The minimum Gasteiger partial charge on any atom is -0.496 e. The Morgan fingerprint density at radius 2 is 2.29 bits per heavy atom. The molecule has 0 atom stereocenters. The first kappa shape index (κ1) is 15.3. The van der Waals surface area contributed by atoms with Crippen LogP contribution in [0.5, 0.6) is 5.75 Å². The second kappa shape index (κ2) is 6.69. The van der Waals surface area contributed by atoms with Crippen LogP contribution in [-0.2, 0) is 6.54 Å². The van der Waals surface area contributed by atoms with Crippen LogP contribution in [0.4, 0.5) is 5.69 Å². The number of nitro groups is 1. The van der Waals surface area contributed by atoms with E-state index in [1.165, 1.54) is 34.5 Å². The van der Waals surface area contributed by atoms with Gasteiger partial charge in [-0.1, -0.05) is 0 Å². The minimum absolute atomic E-state index is 0.0575. The summed E-state index contributed by atoms with van der Waals surface area (Å²) in [6.07, 6.45) is 7.08. The van der Waals surface area contributed by atoms with Crippen LogP contribution in [0.3, 0.4) is 0 Å². The molecule has 0 spiro atoms. The molecule has 10 heteroatoms. The Morgan fingerprint density at radius 3 is 2.96 bits per heavy atom. The molecule has 24 heavy (non-hydrogen) atoms. The Labute approximate surface area is 136 Å². The zero-order chi connectivity index (χ0) is 16.9. The van der Waals surface area contributed by atoms with E-state index in [0.29, 0.717) is 12.3 Å². The maximum atomic E-state index is 10.7. The molecule has 10 nitrogen and oxygen atoms in total. The van der Waals surface area contributed by atoms with E-state index in [-0.39, 0.29) is 5.69 Å². The number of rotatable bonds is 6. The van der Waals surface area contributed by atoms with Crippen molar-refractivity contribution in [1.29, 1.82) is 0 Å². The number of aromatic nitrogens is 5. The Morgan fingerprint density at radius 1 is 1.42 bits per heavy atom. The summed E-state index contributed by atoms with van der Waals surface area (Å²) in [5.74, 6) is 0.658. The van der Waals surface area contributed by atoms with Crippen molar-refractivity contribution in [2.45, 2.75) is 6.54 Å². The van der Waals surface area contributed by atoms with Crippen molar-refractivity contribution in [2.75, 3.05) is 7.11 Å². The van der Waals surface area contributed by atoms with E-state index in [9.17, 15) is 10.1 Å². The van der Waals surface area contributed by atoms with Gasteiger partial charge >= 0.3 is 5.69 Å².